The van der Waals surface area contributed by atoms with Gasteiger partial charge in [-0.15, -0.1) is 0 Å². The molecule has 0 radical (unpaired) electrons. The van der Waals surface area contributed by atoms with Gasteiger partial charge in [-0.2, -0.15) is 0 Å². The van der Waals surface area contributed by atoms with Crippen LogP contribution in [-0.4, -0.2) is 70.0 Å². The third-order valence-electron chi connectivity index (χ3n) is 18.1. The average molecular weight is 1300 g/mol. The highest BCUT2D eigenvalue weighted by Crippen LogP contribution is 2.38. The maximum Gasteiger partial charge on any atom is 0.306 e. The Morgan fingerprint density at radius 3 is 0.934 bits per heavy atom. The molecule has 536 valence electrons. The number of likely N-dealkylation sites (N-methyl/N-ethyl adjacent to an activating group) is 1. The van der Waals surface area contributed by atoms with E-state index in [-0.39, 0.29) is 32.0 Å². The molecule has 0 fully saturated rings. The predicted octanol–water partition coefficient (Wildman–Crippen LogP) is 25.7. The monoisotopic (exact) mass is 1300 g/mol. The molecule has 91 heavy (non-hydrogen) atoms. The number of carbonyl (C=O) groups is 2. The highest BCUT2D eigenvalue weighted by Gasteiger charge is 2.22. The number of unbranched alkanes of at least 4 members (excludes halogenated alkanes) is 53. The van der Waals surface area contributed by atoms with E-state index < -0.39 is 26.5 Å². The number of phosphoric ester groups is 1. The minimum absolute atomic E-state index is 0.0269. The summed E-state index contributed by atoms with van der Waals surface area (Å²) in [6, 6.07) is 0. The first-order chi connectivity index (χ1) is 44.5. The molecule has 0 N–H and O–H groups in total. The van der Waals surface area contributed by atoms with Crippen LogP contribution in [0.4, 0.5) is 0 Å². The smallest absolute Gasteiger partial charge is 0.306 e. The van der Waals surface area contributed by atoms with Crippen molar-refractivity contribution >= 4 is 19.8 Å². The summed E-state index contributed by atoms with van der Waals surface area (Å²) >= 11 is 0. The zero-order valence-electron chi connectivity index (χ0n) is 61.3. The molecule has 10 heteroatoms. The molecule has 0 aliphatic carbocycles. The van der Waals surface area contributed by atoms with Crippen molar-refractivity contribution in [3.8, 4) is 0 Å². The SMILES string of the molecule is CC/C=C\C/C=C\C/C=C\C/C=C\CCCCCCCCCCCCCCCCCCCCCCCCCCCCC(=O)OC(COC(=O)CCCCCCCCCCCCCCCCCCCCCCCCCCCCCC)COP(=O)([O-])OCC[N+](C)(C)C. The van der Waals surface area contributed by atoms with E-state index in [9.17, 15) is 19.0 Å². The summed E-state index contributed by atoms with van der Waals surface area (Å²) in [5.74, 6) is -0.806. The van der Waals surface area contributed by atoms with Crippen LogP contribution in [0.3, 0.4) is 0 Å². The average Bonchev–Trinajstić information content (AvgIpc) is 3.30. The van der Waals surface area contributed by atoms with Crippen molar-refractivity contribution in [2.45, 2.75) is 412 Å². The van der Waals surface area contributed by atoms with Crippen molar-refractivity contribution in [3.63, 3.8) is 0 Å². The molecule has 0 aromatic rings. The first-order valence-electron chi connectivity index (χ1n) is 39.8. The topological polar surface area (TPSA) is 111 Å². The first kappa shape index (κ1) is 89.0. The molecule has 0 spiro atoms. The van der Waals surface area contributed by atoms with Gasteiger partial charge in [-0.05, 0) is 51.4 Å². The molecule has 0 rings (SSSR count). The number of hydrogen-bond donors (Lipinski definition) is 0. The van der Waals surface area contributed by atoms with Crippen molar-refractivity contribution < 1.29 is 42.1 Å². The molecule has 0 aromatic heterocycles. The second kappa shape index (κ2) is 72.2. The largest absolute Gasteiger partial charge is 0.756 e. The van der Waals surface area contributed by atoms with E-state index in [0.717, 1.165) is 57.8 Å². The highest BCUT2D eigenvalue weighted by molar-refractivity contribution is 7.45. The van der Waals surface area contributed by atoms with Crippen LogP contribution in [-0.2, 0) is 32.7 Å². The van der Waals surface area contributed by atoms with E-state index in [2.05, 4.69) is 62.5 Å². The molecular weight excluding hydrogens is 1150 g/mol. The van der Waals surface area contributed by atoms with Crippen LogP contribution in [0.1, 0.15) is 406 Å². The maximum absolute atomic E-state index is 12.9. The van der Waals surface area contributed by atoms with Crippen molar-refractivity contribution in [3.05, 3.63) is 48.6 Å². The minimum Gasteiger partial charge on any atom is -0.756 e. The van der Waals surface area contributed by atoms with Gasteiger partial charge in [0.1, 0.15) is 19.8 Å². The van der Waals surface area contributed by atoms with E-state index in [0.29, 0.717) is 17.4 Å². The zero-order valence-corrected chi connectivity index (χ0v) is 62.2. The lowest BCUT2D eigenvalue weighted by Gasteiger charge is -2.28. The summed E-state index contributed by atoms with van der Waals surface area (Å²) < 4.78 is 34.4. The molecule has 0 aliphatic rings. The van der Waals surface area contributed by atoms with Crippen LogP contribution in [0.15, 0.2) is 48.6 Å². The number of esters is 2. The van der Waals surface area contributed by atoms with Crippen LogP contribution in [0.25, 0.3) is 0 Å². The normalized spacial score (nSPS) is 13.3. The standard InChI is InChI=1S/C81H154NO8P/c1-6-8-10-12-14-16-18-20-22-24-26-28-30-32-34-36-37-38-39-40-41-42-43-44-45-46-48-50-52-54-56-58-60-62-64-66-68-70-72-74-81(84)90-79(78-89-91(85,86)88-76-75-82(3,4)5)77-87-80(83)73-71-69-67-65-63-61-59-57-55-53-51-49-47-35-33-31-29-27-25-23-21-19-17-15-13-11-9-7-2/h8,10,14,16,20,22,26,28,79H,6-7,9,11-13,15,17-19,21,23-25,27,29-78H2,1-5H3/b10-8-,16-14-,22-20-,28-26-. The summed E-state index contributed by atoms with van der Waals surface area (Å²) in [4.78, 5) is 38.2. The Hall–Kier alpha value is -2.03. The second-order valence-electron chi connectivity index (χ2n) is 28.4. The maximum atomic E-state index is 12.9. The van der Waals surface area contributed by atoms with Gasteiger partial charge in [0.25, 0.3) is 7.82 Å². The highest BCUT2D eigenvalue weighted by atomic mass is 31.2. The Balaban J connectivity index is 3.89. The van der Waals surface area contributed by atoms with Crippen molar-refractivity contribution in [1.29, 1.82) is 0 Å². The van der Waals surface area contributed by atoms with E-state index in [1.165, 1.54) is 315 Å². The summed E-state index contributed by atoms with van der Waals surface area (Å²) in [6.07, 6.45) is 95.3. The number of hydrogen-bond acceptors (Lipinski definition) is 8. The molecule has 0 saturated heterocycles. The van der Waals surface area contributed by atoms with Gasteiger partial charge in [0, 0.05) is 12.8 Å². The molecule has 0 aromatic carbocycles. The van der Waals surface area contributed by atoms with E-state index in [1.807, 2.05) is 21.1 Å². The van der Waals surface area contributed by atoms with Gasteiger partial charge in [-0.3, -0.25) is 14.2 Å². The van der Waals surface area contributed by atoms with Crippen molar-refractivity contribution in [2.24, 2.45) is 0 Å². The zero-order chi connectivity index (χ0) is 66.2. The predicted molar refractivity (Wildman–Crippen MR) is 393 cm³/mol. The number of quaternary nitrogens is 1. The Bertz CT molecular complexity index is 1670. The van der Waals surface area contributed by atoms with Gasteiger partial charge >= 0.3 is 11.9 Å². The number of nitrogens with zero attached hydrogens (tertiary/aromatic N) is 1. The lowest BCUT2D eigenvalue weighted by molar-refractivity contribution is -0.870. The molecule has 2 atom stereocenters. The van der Waals surface area contributed by atoms with Crippen molar-refractivity contribution in [1.82, 2.24) is 0 Å². The first-order valence-corrected chi connectivity index (χ1v) is 41.3. The number of allylic oxidation sites excluding steroid dienone is 8. The number of phosphoric acid groups is 1. The Kier molecular flexibility index (Phi) is 70.6. The summed E-state index contributed by atoms with van der Waals surface area (Å²) in [5.41, 5.74) is 0. The number of rotatable bonds is 75. The van der Waals surface area contributed by atoms with Crippen LogP contribution in [0.2, 0.25) is 0 Å². The molecule has 0 saturated carbocycles. The van der Waals surface area contributed by atoms with Crippen LogP contribution < -0.4 is 4.89 Å². The summed E-state index contributed by atoms with van der Waals surface area (Å²) in [5, 5.41) is 0. The third-order valence-corrected chi connectivity index (χ3v) is 19.1. The number of ether oxygens (including phenoxy) is 2. The lowest BCUT2D eigenvalue weighted by atomic mass is 10.0. The lowest BCUT2D eigenvalue weighted by Crippen LogP contribution is -2.37. The van der Waals surface area contributed by atoms with Gasteiger partial charge in [0.2, 0.25) is 0 Å². The van der Waals surface area contributed by atoms with Crippen LogP contribution in [0, 0.1) is 0 Å². The Morgan fingerprint density at radius 2 is 0.626 bits per heavy atom. The van der Waals surface area contributed by atoms with Gasteiger partial charge in [0.05, 0.1) is 27.7 Å². The second-order valence-corrected chi connectivity index (χ2v) is 29.8. The fourth-order valence-electron chi connectivity index (χ4n) is 12.1. The quantitative estimate of drug-likeness (QED) is 0.0195. The number of carbonyl (C=O) groups excluding carboxylic acids is 2. The molecule has 9 nitrogen and oxygen atoms in total. The van der Waals surface area contributed by atoms with Gasteiger partial charge in [-0.1, -0.05) is 390 Å². The van der Waals surface area contributed by atoms with Crippen LogP contribution in [0.5, 0.6) is 0 Å². The molecule has 0 heterocycles. The van der Waals surface area contributed by atoms with E-state index in [1.54, 1.807) is 0 Å². The minimum atomic E-state index is -4.64. The fourth-order valence-corrected chi connectivity index (χ4v) is 12.8. The summed E-state index contributed by atoms with van der Waals surface area (Å²) in [6.45, 7) is 4.21. The van der Waals surface area contributed by atoms with E-state index >= 15 is 0 Å². The van der Waals surface area contributed by atoms with Crippen LogP contribution >= 0.6 is 7.82 Å². The molecule has 0 bridgehead atoms. The third kappa shape index (κ3) is 76.9. The Labute approximate surface area is 566 Å². The van der Waals surface area contributed by atoms with Crippen molar-refractivity contribution in [2.75, 3.05) is 47.5 Å². The van der Waals surface area contributed by atoms with Gasteiger partial charge in [-0.25, -0.2) is 0 Å². The van der Waals surface area contributed by atoms with E-state index in [4.69, 9.17) is 18.5 Å². The fraction of sp³-hybridized carbons (Fsp3) is 0.877. The van der Waals surface area contributed by atoms with Gasteiger partial charge < -0.3 is 27.9 Å². The molecule has 0 aliphatic heterocycles. The van der Waals surface area contributed by atoms with Gasteiger partial charge in [0.15, 0.2) is 6.10 Å². The molecular formula is C81H154NO8P. The summed E-state index contributed by atoms with van der Waals surface area (Å²) in [7, 11) is 1.19. The molecule has 0 amide bonds. The molecule has 2 unspecified atom stereocenters. The Morgan fingerprint density at radius 1 is 0.352 bits per heavy atom.